The summed E-state index contributed by atoms with van der Waals surface area (Å²) in [6.07, 6.45) is 3.73. The van der Waals surface area contributed by atoms with Crippen molar-refractivity contribution in [2.75, 3.05) is 7.11 Å². The summed E-state index contributed by atoms with van der Waals surface area (Å²) in [5.74, 6) is -0.742. The first kappa shape index (κ1) is 15.8. The molecule has 0 aliphatic heterocycles. The van der Waals surface area contributed by atoms with Gasteiger partial charge < -0.3 is 15.6 Å². The maximum Gasteiger partial charge on any atom is 0.339 e. The molecule has 0 unspecified atom stereocenters. The van der Waals surface area contributed by atoms with Gasteiger partial charge in [-0.15, -0.1) is 0 Å². The Labute approximate surface area is 138 Å². The van der Waals surface area contributed by atoms with Crippen LogP contribution in [0.4, 0.5) is 0 Å². The lowest BCUT2D eigenvalue weighted by atomic mass is 10.1. The van der Waals surface area contributed by atoms with Gasteiger partial charge >= 0.3 is 5.97 Å². The molecule has 0 atom stereocenters. The fraction of sp³-hybridized carbons (Fsp3) is 0.111. The van der Waals surface area contributed by atoms with E-state index in [9.17, 15) is 9.90 Å². The molecule has 6 nitrogen and oxygen atoms in total. The lowest BCUT2D eigenvalue weighted by molar-refractivity contribution is 0.0693. The molecule has 0 saturated heterocycles. The summed E-state index contributed by atoms with van der Waals surface area (Å²) in [7, 11) is 1.45. The molecule has 3 aromatic rings. The quantitative estimate of drug-likeness (QED) is 0.670. The normalized spacial score (nSPS) is 11.2. The number of aromatic nitrogens is 2. The number of carboxylic acid groups (broad SMARTS) is 1. The predicted octanol–water partition coefficient (Wildman–Crippen LogP) is 2.90. The number of ether oxygens (including phenoxy) is 1. The van der Waals surface area contributed by atoms with Crippen LogP contribution in [0, 0.1) is 0 Å². The minimum absolute atomic E-state index is 0.105. The van der Waals surface area contributed by atoms with Crippen molar-refractivity contribution < 1.29 is 14.6 Å². The van der Waals surface area contributed by atoms with Gasteiger partial charge in [0.1, 0.15) is 11.3 Å². The Balaban J connectivity index is 2.04. The van der Waals surface area contributed by atoms with Crippen LogP contribution in [0.2, 0.25) is 0 Å². The largest absolute Gasteiger partial charge is 0.495 e. The van der Waals surface area contributed by atoms with Gasteiger partial charge in [-0.1, -0.05) is 30.3 Å². The number of rotatable bonds is 5. The summed E-state index contributed by atoms with van der Waals surface area (Å²) in [6, 6.07) is 11.0. The van der Waals surface area contributed by atoms with Crippen molar-refractivity contribution >= 4 is 29.0 Å². The number of H-pyrrole nitrogens is 1. The molecule has 122 valence electrons. The first-order valence-electron chi connectivity index (χ1n) is 7.39. The van der Waals surface area contributed by atoms with Crippen molar-refractivity contribution in [2.45, 2.75) is 6.54 Å². The van der Waals surface area contributed by atoms with Crippen LogP contribution in [0.1, 0.15) is 27.2 Å². The first-order chi connectivity index (χ1) is 11.6. The van der Waals surface area contributed by atoms with Crippen LogP contribution in [0.5, 0.6) is 5.75 Å². The highest BCUT2D eigenvalue weighted by atomic mass is 16.5. The average molecular weight is 323 g/mol. The zero-order chi connectivity index (χ0) is 17.1. The molecule has 0 radical (unpaired) electrons. The standard InChI is InChI=1S/C18H17N3O3/c1-24-17-13(18(22)23)7-9-15-16(17)14(20-21-15)8-6-11-2-4-12(10-19)5-3-11/h2-9H,10,19H2,1H3,(H,20,21)(H,22,23). The third kappa shape index (κ3) is 2.87. The Kier molecular flexibility index (Phi) is 4.31. The highest BCUT2D eigenvalue weighted by Crippen LogP contribution is 2.32. The van der Waals surface area contributed by atoms with Crippen LogP contribution >= 0.6 is 0 Å². The molecule has 0 bridgehead atoms. The Morgan fingerprint density at radius 3 is 2.62 bits per heavy atom. The van der Waals surface area contributed by atoms with Crippen LogP contribution < -0.4 is 10.5 Å². The van der Waals surface area contributed by atoms with E-state index in [4.69, 9.17) is 10.5 Å². The summed E-state index contributed by atoms with van der Waals surface area (Å²) >= 11 is 0. The maximum atomic E-state index is 11.4. The molecule has 0 fully saturated rings. The molecular formula is C18H17N3O3. The minimum Gasteiger partial charge on any atom is -0.495 e. The molecular weight excluding hydrogens is 306 g/mol. The number of methoxy groups -OCH3 is 1. The van der Waals surface area contributed by atoms with Gasteiger partial charge in [-0.3, -0.25) is 5.10 Å². The number of carboxylic acids is 1. The van der Waals surface area contributed by atoms with Crippen LogP contribution in [0.3, 0.4) is 0 Å². The lowest BCUT2D eigenvalue weighted by Crippen LogP contribution is -2.00. The fourth-order valence-electron chi connectivity index (χ4n) is 2.55. The number of nitrogens with zero attached hydrogens (tertiary/aromatic N) is 1. The second-order valence-electron chi connectivity index (χ2n) is 5.26. The van der Waals surface area contributed by atoms with Gasteiger partial charge in [0.25, 0.3) is 0 Å². The Bertz CT molecular complexity index is 911. The minimum atomic E-state index is -1.04. The molecule has 1 heterocycles. The van der Waals surface area contributed by atoms with E-state index in [2.05, 4.69) is 10.2 Å². The van der Waals surface area contributed by atoms with Crippen molar-refractivity contribution in [3.63, 3.8) is 0 Å². The molecule has 0 saturated carbocycles. The van der Waals surface area contributed by atoms with E-state index in [1.165, 1.54) is 13.2 Å². The Hall–Kier alpha value is -3.12. The van der Waals surface area contributed by atoms with E-state index < -0.39 is 5.97 Å². The third-order valence-electron chi connectivity index (χ3n) is 3.79. The number of benzene rings is 2. The highest BCUT2D eigenvalue weighted by molar-refractivity contribution is 6.02. The van der Waals surface area contributed by atoms with E-state index in [1.54, 1.807) is 6.07 Å². The SMILES string of the molecule is COc1c(C(=O)O)ccc2[nH]nc(C=Cc3ccc(CN)cc3)c12. The maximum absolute atomic E-state index is 11.4. The predicted molar refractivity (Wildman–Crippen MR) is 92.9 cm³/mol. The van der Waals surface area contributed by atoms with Gasteiger partial charge in [0.05, 0.1) is 23.7 Å². The zero-order valence-corrected chi connectivity index (χ0v) is 13.1. The van der Waals surface area contributed by atoms with Crippen molar-refractivity contribution in [1.29, 1.82) is 0 Å². The molecule has 2 aromatic carbocycles. The van der Waals surface area contributed by atoms with Crippen molar-refractivity contribution in [2.24, 2.45) is 5.73 Å². The monoisotopic (exact) mass is 323 g/mol. The summed E-state index contributed by atoms with van der Waals surface area (Å²) < 4.78 is 5.31. The number of hydrogen-bond donors (Lipinski definition) is 3. The second kappa shape index (κ2) is 6.55. The summed E-state index contributed by atoms with van der Waals surface area (Å²) in [5, 5.41) is 17.1. The molecule has 3 rings (SSSR count). The molecule has 1 aromatic heterocycles. The number of carbonyl (C=O) groups is 1. The fourth-order valence-corrected chi connectivity index (χ4v) is 2.55. The molecule has 0 amide bonds. The highest BCUT2D eigenvalue weighted by Gasteiger charge is 2.17. The number of aromatic amines is 1. The van der Waals surface area contributed by atoms with Gasteiger partial charge in [0, 0.05) is 6.54 Å². The van der Waals surface area contributed by atoms with Crippen LogP contribution in [-0.4, -0.2) is 28.4 Å². The molecule has 4 N–H and O–H groups in total. The van der Waals surface area contributed by atoms with Gasteiger partial charge in [-0.25, -0.2) is 4.79 Å². The topological polar surface area (TPSA) is 101 Å². The van der Waals surface area contributed by atoms with Gasteiger partial charge in [0.2, 0.25) is 0 Å². The summed E-state index contributed by atoms with van der Waals surface area (Å²) in [5.41, 5.74) is 9.09. The van der Waals surface area contributed by atoms with E-state index >= 15 is 0 Å². The molecule has 0 aliphatic rings. The van der Waals surface area contributed by atoms with E-state index in [-0.39, 0.29) is 5.56 Å². The molecule has 0 aliphatic carbocycles. The lowest BCUT2D eigenvalue weighted by Gasteiger charge is -2.06. The van der Waals surface area contributed by atoms with Crippen molar-refractivity contribution in [3.8, 4) is 5.75 Å². The van der Waals surface area contributed by atoms with Gasteiger partial charge in [-0.2, -0.15) is 5.10 Å². The third-order valence-corrected chi connectivity index (χ3v) is 3.79. The number of hydrogen-bond acceptors (Lipinski definition) is 4. The number of fused-ring (bicyclic) bond motifs is 1. The van der Waals surface area contributed by atoms with Crippen molar-refractivity contribution in [1.82, 2.24) is 10.2 Å². The van der Waals surface area contributed by atoms with Gasteiger partial charge in [0.15, 0.2) is 0 Å². The zero-order valence-electron chi connectivity index (χ0n) is 13.1. The van der Waals surface area contributed by atoms with E-state index in [0.29, 0.717) is 23.4 Å². The number of nitrogens with one attached hydrogen (secondary N) is 1. The summed E-state index contributed by atoms with van der Waals surface area (Å²) in [6.45, 7) is 0.503. The van der Waals surface area contributed by atoms with E-state index in [1.807, 2.05) is 36.4 Å². The smallest absolute Gasteiger partial charge is 0.339 e. The second-order valence-corrected chi connectivity index (χ2v) is 5.26. The van der Waals surface area contributed by atoms with Crippen LogP contribution in [0.15, 0.2) is 36.4 Å². The molecule has 6 heteroatoms. The van der Waals surface area contributed by atoms with Crippen LogP contribution in [-0.2, 0) is 6.54 Å². The Morgan fingerprint density at radius 1 is 1.25 bits per heavy atom. The number of aromatic carboxylic acids is 1. The molecule has 0 spiro atoms. The number of nitrogens with two attached hydrogens (primary N) is 1. The van der Waals surface area contributed by atoms with Gasteiger partial charge in [-0.05, 0) is 29.3 Å². The first-order valence-corrected chi connectivity index (χ1v) is 7.39. The molecule has 24 heavy (non-hydrogen) atoms. The van der Waals surface area contributed by atoms with E-state index in [0.717, 1.165) is 16.6 Å². The van der Waals surface area contributed by atoms with Crippen molar-refractivity contribution in [3.05, 3.63) is 58.8 Å². The Morgan fingerprint density at radius 2 is 2.00 bits per heavy atom. The average Bonchev–Trinajstić information content (AvgIpc) is 3.02. The van der Waals surface area contributed by atoms with Crippen LogP contribution in [0.25, 0.3) is 23.1 Å². The summed E-state index contributed by atoms with van der Waals surface area (Å²) in [4.78, 5) is 11.4.